The van der Waals surface area contributed by atoms with Crippen LogP contribution in [-0.2, 0) is 16.1 Å². The topological polar surface area (TPSA) is 57.6 Å². The molecule has 1 aromatic rings. The summed E-state index contributed by atoms with van der Waals surface area (Å²) in [6.45, 7) is 2.66. The molecular weight excluding hydrogens is 266 g/mol. The van der Waals surface area contributed by atoms with E-state index >= 15 is 0 Å². The summed E-state index contributed by atoms with van der Waals surface area (Å²) in [5, 5.41) is 9.00. The van der Waals surface area contributed by atoms with E-state index in [0.29, 0.717) is 32.2 Å². The van der Waals surface area contributed by atoms with Crippen LogP contribution in [0.3, 0.4) is 0 Å². The third-order valence-corrected chi connectivity index (χ3v) is 4.47. The molecule has 1 saturated carbocycles. The second-order valence-corrected chi connectivity index (χ2v) is 6.01. The van der Waals surface area contributed by atoms with Gasteiger partial charge in [0.05, 0.1) is 5.92 Å². The van der Waals surface area contributed by atoms with Crippen molar-refractivity contribution >= 4 is 11.9 Å². The van der Waals surface area contributed by atoms with Gasteiger partial charge in [-0.05, 0) is 43.7 Å². The number of carboxylic acids is 1. The predicted molar refractivity (Wildman–Crippen MR) is 80.7 cm³/mol. The molecule has 0 aliphatic heterocycles. The zero-order valence-electron chi connectivity index (χ0n) is 12.7. The molecule has 0 bridgehead atoms. The van der Waals surface area contributed by atoms with Gasteiger partial charge in [-0.25, -0.2) is 0 Å². The molecule has 0 unspecified atom stereocenters. The van der Waals surface area contributed by atoms with Crippen molar-refractivity contribution in [3.8, 4) is 0 Å². The molecule has 114 valence electrons. The summed E-state index contributed by atoms with van der Waals surface area (Å²) in [7, 11) is 1.83. The molecule has 1 N–H and O–H groups in total. The largest absolute Gasteiger partial charge is 0.481 e. The Hall–Kier alpha value is -1.84. The first kappa shape index (κ1) is 15.5. The van der Waals surface area contributed by atoms with Crippen LogP contribution in [0.1, 0.15) is 36.8 Å². The van der Waals surface area contributed by atoms with E-state index in [1.165, 1.54) is 5.56 Å². The van der Waals surface area contributed by atoms with Gasteiger partial charge in [0.15, 0.2) is 0 Å². The summed E-state index contributed by atoms with van der Waals surface area (Å²) in [6, 6.07) is 8.07. The van der Waals surface area contributed by atoms with Crippen LogP contribution in [0.4, 0.5) is 0 Å². The number of carbonyl (C=O) groups is 2. The zero-order valence-corrected chi connectivity index (χ0v) is 12.7. The fraction of sp³-hybridized carbons (Fsp3) is 0.529. The summed E-state index contributed by atoms with van der Waals surface area (Å²) in [4.78, 5) is 25.2. The second-order valence-electron chi connectivity index (χ2n) is 6.01. The van der Waals surface area contributed by atoms with Crippen LogP contribution >= 0.6 is 0 Å². The molecular formula is C17H23NO3. The number of nitrogens with zero attached hydrogens (tertiary/aromatic N) is 1. The maximum Gasteiger partial charge on any atom is 0.306 e. The van der Waals surface area contributed by atoms with Gasteiger partial charge in [0.25, 0.3) is 0 Å². The van der Waals surface area contributed by atoms with Gasteiger partial charge in [0.2, 0.25) is 5.91 Å². The van der Waals surface area contributed by atoms with E-state index in [2.05, 4.69) is 0 Å². The minimum absolute atomic E-state index is 0.0189. The van der Waals surface area contributed by atoms with Gasteiger partial charge < -0.3 is 10.0 Å². The molecule has 21 heavy (non-hydrogen) atoms. The van der Waals surface area contributed by atoms with Gasteiger partial charge in [-0.15, -0.1) is 0 Å². The lowest BCUT2D eigenvalue weighted by atomic mass is 9.81. The van der Waals surface area contributed by atoms with Crippen LogP contribution in [0.15, 0.2) is 24.3 Å². The molecule has 4 heteroatoms. The highest BCUT2D eigenvalue weighted by Gasteiger charge is 2.31. The number of amides is 1. The molecule has 0 radical (unpaired) electrons. The molecule has 1 aliphatic carbocycles. The van der Waals surface area contributed by atoms with Gasteiger partial charge in [-0.3, -0.25) is 9.59 Å². The van der Waals surface area contributed by atoms with E-state index in [0.717, 1.165) is 5.56 Å². The molecule has 1 amide bonds. The summed E-state index contributed by atoms with van der Waals surface area (Å²) >= 11 is 0. The van der Waals surface area contributed by atoms with Crippen LogP contribution < -0.4 is 0 Å². The minimum atomic E-state index is -0.728. The quantitative estimate of drug-likeness (QED) is 0.927. The normalized spacial score (nSPS) is 21.8. The van der Waals surface area contributed by atoms with Crippen molar-refractivity contribution in [2.45, 2.75) is 39.2 Å². The molecule has 1 fully saturated rings. The predicted octanol–water partition coefficient (Wildman–Crippen LogP) is 2.84. The molecule has 1 aliphatic rings. The van der Waals surface area contributed by atoms with E-state index in [1.54, 1.807) is 4.90 Å². The smallest absolute Gasteiger partial charge is 0.306 e. The van der Waals surface area contributed by atoms with Crippen LogP contribution in [0, 0.1) is 18.8 Å². The van der Waals surface area contributed by atoms with Gasteiger partial charge in [-0.2, -0.15) is 0 Å². The Balaban J connectivity index is 1.92. The zero-order chi connectivity index (χ0) is 15.4. The van der Waals surface area contributed by atoms with Crippen LogP contribution in [0.5, 0.6) is 0 Å². The lowest BCUT2D eigenvalue weighted by Gasteiger charge is -2.29. The number of aliphatic carboxylic acids is 1. The van der Waals surface area contributed by atoms with Crippen LogP contribution in [0.2, 0.25) is 0 Å². The van der Waals surface area contributed by atoms with E-state index in [9.17, 15) is 9.59 Å². The van der Waals surface area contributed by atoms with Gasteiger partial charge in [-0.1, -0.05) is 24.3 Å². The average molecular weight is 289 g/mol. The molecule has 2 rings (SSSR count). The van der Waals surface area contributed by atoms with E-state index in [1.807, 2.05) is 38.2 Å². The van der Waals surface area contributed by atoms with Crippen molar-refractivity contribution in [1.82, 2.24) is 4.90 Å². The minimum Gasteiger partial charge on any atom is -0.481 e. The van der Waals surface area contributed by atoms with Crippen molar-refractivity contribution < 1.29 is 14.7 Å². The SMILES string of the molecule is Cc1ccccc1CN(C)C(=O)C1CCC(C(=O)O)CC1. The molecule has 0 aromatic heterocycles. The summed E-state index contributed by atoms with van der Waals surface area (Å²) in [6.07, 6.45) is 2.61. The molecule has 0 saturated heterocycles. The number of carboxylic acid groups (broad SMARTS) is 1. The number of rotatable bonds is 4. The lowest BCUT2D eigenvalue weighted by molar-refractivity contribution is -0.145. The first-order valence-electron chi connectivity index (χ1n) is 7.51. The Labute approximate surface area is 125 Å². The van der Waals surface area contributed by atoms with Gasteiger partial charge >= 0.3 is 5.97 Å². The summed E-state index contributed by atoms with van der Waals surface area (Å²) < 4.78 is 0. The maximum atomic E-state index is 12.5. The van der Waals surface area contributed by atoms with Crippen molar-refractivity contribution in [3.05, 3.63) is 35.4 Å². The number of hydrogen-bond acceptors (Lipinski definition) is 2. The van der Waals surface area contributed by atoms with Crippen LogP contribution in [-0.4, -0.2) is 28.9 Å². The number of hydrogen-bond donors (Lipinski definition) is 1. The van der Waals surface area contributed by atoms with Gasteiger partial charge in [0, 0.05) is 19.5 Å². The maximum absolute atomic E-state index is 12.5. The summed E-state index contributed by atoms with van der Waals surface area (Å²) in [5.41, 5.74) is 2.35. The fourth-order valence-electron chi connectivity index (χ4n) is 3.02. The Morgan fingerprint density at radius 2 is 1.71 bits per heavy atom. The monoisotopic (exact) mass is 289 g/mol. The van der Waals surface area contributed by atoms with Crippen molar-refractivity contribution in [2.24, 2.45) is 11.8 Å². The Bertz CT molecular complexity index is 519. The van der Waals surface area contributed by atoms with E-state index in [4.69, 9.17) is 5.11 Å². The molecule has 0 atom stereocenters. The highest BCUT2D eigenvalue weighted by molar-refractivity contribution is 5.79. The highest BCUT2D eigenvalue weighted by atomic mass is 16.4. The van der Waals surface area contributed by atoms with Crippen molar-refractivity contribution in [1.29, 1.82) is 0 Å². The molecule has 0 heterocycles. The third-order valence-electron chi connectivity index (χ3n) is 4.47. The number of carbonyl (C=O) groups excluding carboxylic acids is 1. The third kappa shape index (κ3) is 3.84. The molecule has 4 nitrogen and oxygen atoms in total. The van der Waals surface area contributed by atoms with Crippen molar-refractivity contribution in [3.63, 3.8) is 0 Å². The van der Waals surface area contributed by atoms with Crippen LogP contribution in [0.25, 0.3) is 0 Å². The standard InChI is InChI=1S/C17H23NO3/c1-12-5-3-4-6-15(12)11-18(2)16(19)13-7-9-14(10-8-13)17(20)21/h3-6,13-14H,7-11H2,1-2H3,(H,20,21). The Kier molecular flexibility index (Phi) is 4.99. The van der Waals surface area contributed by atoms with E-state index < -0.39 is 5.97 Å². The summed E-state index contributed by atoms with van der Waals surface area (Å²) in [5.74, 6) is -0.874. The molecule has 1 aromatic carbocycles. The fourth-order valence-corrected chi connectivity index (χ4v) is 3.02. The van der Waals surface area contributed by atoms with Gasteiger partial charge in [0.1, 0.15) is 0 Å². The first-order valence-corrected chi connectivity index (χ1v) is 7.51. The average Bonchev–Trinajstić information content (AvgIpc) is 2.49. The van der Waals surface area contributed by atoms with E-state index in [-0.39, 0.29) is 17.7 Å². The first-order chi connectivity index (χ1) is 9.99. The van der Waals surface area contributed by atoms with Crippen molar-refractivity contribution in [2.75, 3.05) is 7.05 Å². The Morgan fingerprint density at radius 3 is 2.29 bits per heavy atom. The number of benzene rings is 1. The highest BCUT2D eigenvalue weighted by Crippen LogP contribution is 2.30. The second kappa shape index (κ2) is 6.74. The number of aryl methyl sites for hydroxylation is 1. The molecule has 0 spiro atoms. The lowest BCUT2D eigenvalue weighted by Crippen LogP contribution is -2.35. The Morgan fingerprint density at radius 1 is 1.14 bits per heavy atom.